The molecule has 0 radical (unpaired) electrons. The Labute approximate surface area is 106 Å². The topological polar surface area (TPSA) is 38.5 Å². The highest BCUT2D eigenvalue weighted by molar-refractivity contribution is 4.92. The molecule has 0 aromatic heterocycles. The van der Waals surface area contributed by atoms with Gasteiger partial charge in [0.2, 0.25) is 0 Å². The van der Waals surface area contributed by atoms with E-state index in [0.717, 1.165) is 38.1 Å². The van der Waals surface area contributed by atoms with Crippen molar-refractivity contribution in [1.82, 2.24) is 4.90 Å². The van der Waals surface area contributed by atoms with Gasteiger partial charge in [-0.25, -0.2) is 0 Å². The van der Waals surface area contributed by atoms with E-state index >= 15 is 0 Å². The first kappa shape index (κ1) is 13.3. The van der Waals surface area contributed by atoms with E-state index in [1.165, 1.54) is 32.1 Å². The molecule has 2 N–H and O–H groups in total. The lowest BCUT2D eigenvalue weighted by molar-refractivity contribution is 0.119. The molecule has 1 heterocycles. The molecule has 1 unspecified atom stereocenters. The Morgan fingerprint density at radius 2 is 2.00 bits per heavy atom. The third kappa shape index (κ3) is 3.43. The number of nitrogens with zero attached hydrogens (tertiary/aromatic N) is 1. The molecule has 2 fully saturated rings. The first-order chi connectivity index (χ1) is 8.13. The number of rotatable bonds is 4. The summed E-state index contributed by atoms with van der Waals surface area (Å²) in [4.78, 5) is 2.49. The average Bonchev–Trinajstić information content (AvgIpc) is 2.76. The van der Waals surface area contributed by atoms with Crippen LogP contribution in [0.2, 0.25) is 0 Å². The van der Waals surface area contributed by atoms with Gasteiger partial charge in [0.25, 0.3) is 0 Å². The summed E-state index contributed by atoms with van der Waals surface area (Å²) >= 11 is 0. The van der Waals surface area contributed by atoms with Gasteiger partial charge in [0.15, 0.2) is 0 Å². The zero-order chi connectivity index (χ0) is 12.3. The van der Waals surface area contributed by atoms with Crippen LogP contribution in [0.15, 0.2) is 0 Å². The van der Waals surface area contributed by atoms with Crippen LogP contribution in [0.4, 0.5) is 0 Å². The van der Waals surface area contributed by atoms with Crippen molar-refractivity contribution in [2.24, 2.45) is 11.7 Å². The highest BCUT2D eigenvalue weighted by atomic mass is 16.5. The highest BCUT2D eigenvalue weighted by Crippen LogP contribution is 2.30. The second-order valence-corrected chi connectivity index (χ2v) is 6.16. The van der Waals surface area contributed by atoms with Crippen molar-refractivity contribution in [3.63, 3.8) is 0 Å². The van der Waals surface area contributed by atoms with Crippen molar-refractivity contribution in [3.05, 3.63) is 0 Å². The van der Waals surface area contributed by atoms with E-state index in [2.05, 4.69) is 18.9 Å². The second kappa shape index (κ2) is 5.68. The van der Waals surface area contributed by atoms with Crippen LogP contribution >= 0.6 is 0 Å². The Kier molecular flexibility index (Phi) is 4.45. The third-order valence-electron chi connectivity index (χ3n) is 4.72. The van der Waals surface area contributed by atoms with Crippen LogP contribution in [0.3, 0.4) is 0 Å². The summed E-state index contributed by atoms with van der Waals surface area (Å²) in [6.07, 6.45) is 7.88. The third-order valence-corrected chi connectivity index (χ3v) is 4.72. The molecule has 3 nitrogen and oxygen atoms in total. The molecule has 0 aromatic rings. The Balaban J connectivity index is 1.78. The van der Waals surface area contributed by atoms with E-state index in [1.54, 1.807) is 0 Å². The van der Waals surface area contributed by atoms with Gasteiger partial charge in [-0.05, 0) is 45.1 Å². The predicted octanol–water partition coefficient (Wildman–Crippen LogP) is 2.00. The summed E-state index contributed by atoms with van der Waals surface area (Å²) in [5, 5.41) is 0. The minimum absolute atomic E-state index is 0.0869. The van der Waals surface area contributed by atoms with Gasteiger partial charge in [-0.15, -0.1) is 0 Å². The highest BCUT2D eigenvalue weighted by Gasteiger charge is 2.34. The van der Waals surface area contributed by atoms with E-state index in [9.17, 15) is 0 Å². The van der Waals surface area contributed by atoms with E-state index in [0.29, 0.717) is 0 Å². The van der Waals surface area contributed by atoms with Gasteiger partial charge in [-0.2, -0.15) is 0 Å². The largest absolute Gasteiger partial charge is 0.379 e. The summed E-state index contributed by atoms with van der Waals surface area (Å²) in [6, 6.07) is 0.749. The molecule has 1 aliphatic carbocycles. The molecular formula is C14H28N2O. The van der Waals surface area contributed by atoms with E-state index in [1.807, 2.05) is 0 Å². The molecule has 100 valence electrons. The van der Waals surface area contributed by atoms with Gasteiger partial charge < -0.3 is 15.4 Å². The van der Waals surface area contributed by atoms with Crippen LogP contribution < -0.4 is 5.73 Å². The van der Waals surface area contributed by atoms with Crippen molar-refractivity contribution in [1.29, 1.82) is 0 Å². The van der Waals surface area contributed by atoms with E-state index in [-0.39, 0.29) is 5.54 Å². The zero-order valence-corrected chi connectivity index (χ0v) is 11.5. The Morgan fingerprint density at radius 3 is 2.53 bits per heavy atom. The summed E-state index contributed by atoms with van der Waals surface area (Å²) in [7, 11) is 2.24. The Morgan fingerprint density at radius 1 is 1.29 bits per heavy atom. The zero-order valence-electron chi connectivity index (χ0n) is 11.5. The van der Waals surface area contributed by atoms with Gasteiger partial charge >= 0.3 is 0 Å². The smallest absolute Gasteiger partial charge is 0.0659 e. The SMILES string of the molecule is CCC1CCC(N(C)CC2(N)CCOC2)CC1. The fourth-order valence-electron chi connectivity index (χ4n) is 3.37. The maximum atomic E-state index is 6.35. The van der Waals surface area contributed by atoms with Crippen LogP contribution in [0.1, 0.15) is 45.4 Å². The maximum Gasteiger partial charge on any atom is 0.0659 e. The number of likely N-dealkylation sites (N-methyl/N-ethyl adjacent to an activating group) is 1. The minimum Gasteiger partial charge on any atom is -0.379 e. The van der Waals surface area contributed by atoms with Crippen LogP contribution in [0.25, 0.3) is 0 Å². The van der Waals surface area contributed by atoms with E-state index < -0.39 is 0 Å². The van der Waals surface area contributed by atoms with Gasteiger partial charge in [0, 0.05) is 19.2 Å². The molecule has 0 amide bonds. The summed E-state index contributed by atoms with van der Waals surface area (Å²) in [6.45, 7) is 4.89. The molecule has 1 saturated heterocycles. The van der Waals surface area contributed by atoms with Crippen molar-refractivity contribution in [2.75, 3.05) is 26.8 Å². The van der Waals surface area contributed by atoms with Crippen LogP contribution in [-0.2, 0) is 4.74 Å². The number of hydrogen-bond donors (Lipinski definition) is 1. The number of nitrogens with two attached hydrogens (primary N) is 1. The van der Waals surface area contributed by atoms with E-state index in [4.69, 9.17) is 10.5 Å². The van der Waals surface area contributed by atoms with Gasteiger partial charge in [-0.3, -0.25) is 0 Å². The molecule has 0 bridgehead atoms. The van der Waals surface area contributed by atoms with Crippen LogP contribution in [-0.4, -0.2) is 43.3 Å². The van der Waals surface area contributed by atoms with Gasteiger partial charge in [-0.1, -0.05) is 13.3 Å². The van der Waals surface area contributed by atoms with Crippen molar-refractivity contribution < 1.29 is 4.74 Å². The molecule has 2 rings (SSSR count). The lowest BCUT2D eigenvalue weighted by Gasteiger charge is -2.38. The van der Waals surface area contributed by atoms with Crippen LogP contribution in [0, 0.1) is 5.92 Å². The minimum atomic E-state index is -0.0869. The Bertz CT molecular complexity index is 230. The fourth-order valence-corrected chi connectivity index (χ4v) is 3.37. The molecule has 3 heteroatoms. The molecule has 2 aliphatic rings. The van der Waals surface area contributed by atoms with Crippen LogP contribution in [0.5, 0.6) is 0 Å². The lowest BCUT2D eigenvalue weighted by atomic mass is 9.83. The normalized spacial score (nSPS) is 38.8. The van der Waals surface area contributed by atoms with Gasteiger partial charge in [0.1, 0.15) is 0 Å². The fraction of sp³-hybridized carbons (Fsp3) is 1.00. The van der Waals surface area contributed by atoms with Gasteiger partial charge in [0.05, 0.1) is 12.1 Å². The molecule has 0 aromatic carbocycles. The first-order valence-electron chi connectivity index (χ1n) is 7.20. The van der Waals surface area contributed by atoms with Crippen molar-refractivity contribution in [3.8, 4) is 0 Å². The Hall–Kier alpha value is -0.120. The summed E-state index contributed by atoms with van der Waals surface area (Å²) in [5.74, 6) is 0.973. The maximum absolute atomic E-state index is 6.35. The molecule has 1 atom stereocenters. The lowest BCUT2D eigenvalue weighted by Crippen LogP contribution is -2.52. The quantitative estimate of drug-likeness (QED) is 0.817. The standard InChI is InChI=1S/C14H28N2O/c1-3-12-4-6-13(7-5-12)16(2)10-14(15)8-9-17-11-14/h12-13H,3-11,15H2,1-2H3. The number of ether oxygens (including phenoxy) is 1. The van der Waals surface area contributed by atoms with Crippen molar-refractivity contribution in [2.45, 2.75) is 57.0 Å². The predicted molar refractivity (Wildman–Crippen MR) is 71.0 cm³/mol. The molecule has 17 heavy (non-hydrogen) atoms. The summed E-state index contributed by atoms with van der Waals surface area (Å²) in [5.41, 5.74) is 6.27. The first-order valence-corrected chi connectivity index (χ1v) is 7.20. The van der Waals surface area contributed by atoms with Crippen molar-refractivity contribution >= 4 is 0 Å². The summed E-state index contributed by atoms with van der Waals surface area (Å²) < 4.78 is 5.43. The average molecular weight is 240 g/mol. The monoisotopic (exact) mass is 240 g/mol. The number of hydrogen-bond acceptors (Lipinski definition) is 3. The second-order valence-electron chi connectivity index (χ2n) is 6.16. The molecule has 1 aliphatic heterocycles. The molecule has 0 spiro atoms. The molecular weight excluding hydrogens is 212 g/mol. The molecule has 1 saturated carbocycles.